The van der Waals surface area contributed by atoms with Crippen molar-refractivity contribution in [3.05, 3.63) is 90.5 Å². The molecule has 0 amide bonds. The minimum Gasteiger partial charge on any atom is -0.497 e. The summed E-state index contributed by atoms with van der Waals surface area (Å²) in [6.45, 7) is 3.55. The first-order valence-corrected chi connectivity index (χ1v) is 13.4. The molecule has 38 heavy (non-hydrogen) atoms. The van der Waals surface area contributed by atoms with E-state index in [4.69, 9.17) is 14.2 Å². The van der Waals surface area contributed by atoms with E-state index < -0.39 is 0 Å². The molecule has 1 heterocycles. The maximum atomic E-state index is 6.79. The van der Waals surface area contributed by atoms with E-state index in [-0.39, 0.29) is 18.5 Å². The first-order chi connectivity index (χ1) is 18.2. The molecule has 4 aromatic rings. The Hall–Kier alpha value is -3.21. The van der Waals surface area contributed by atoms with Crippen molar-refractivity contribution in [3.8, 4) is 28.4 Å². The van der Waals surface area contributed by atoms with Gasteiger partial charge in [0.25, 0.3) is 0 Å². The molecule has 5 rings (SSSR count). The summed E-state index contributed by atoms with van der Waals surface area (Å²) >= 11 is 0. The molecule has 1 atom stereocenters. The van der Waals surface area contributed by atoms with Crippen LogP contribution >= 0.6 is 12.4 Å². The number of methoxy groups -OCH3 is 2. The van der Waals surface area contributed by atoms with Crippen molar-refractivity contribution in [1.82, 2.24) is 4.90 Å². The van der Waals surface area contributed by atoms with Gasteiger partial charge in [-0.3, -0.25) is 0 Å². The normalized spacial score (nSPS) is 14.5. The average molecular weight is 532 g/mol. The maximum Gasteiger partial charge on any atom is 0.125 e. The van der Waals surface area contributed by atoms with Gasteiger partial charge in [-0.25, -0.2) is 0 Å². The van der Waals surface area contributed by atoms with Gasteiger partial charge in [-0.05, 0) is 104 Å². The van der Waals surface area contributed by atoms with Gasteiger partial charge in [0.1, 0.15) is 23.4 Å². The largest absolute Gasteiger partial charge is 0.497 e. The lowest BCUT2D eigenvalue weighted by Crippen LogP contribution is -2.30. The number of ether oxygens (including phenoxy) is 3. The summed E-state index contributed by atoms with van der Waals surface area (Å²) in [4.78, 5) is 2.61. The van der Waals surface area contributed by atoms with Crippen LogP contribution in [-0.4, -0.2) is 38.8 Å². The first-order valence-electron chi connectivity index (χ1n) is 13.4. The second-order valence-corrected chi connectivity index (χ2v) is 9.81. The summed E-state index contributed by atoms with van der Waals surface area (Å²) in [5, 5.41) is 2.36. The van der Waals surface area contributed by atoms with Crippen LogP contribution in [0.25, 0.3) is 21.9 Å². The number of piperidine rings is 1. The van der Waals surface area contributed by atoms with E-state index in [1.165, 1.54) is 48.9 Å². The highest BCUT2D eigenvalue weighted by Gasteiger charge is 2.22. The molecule has 1 aliphatic heterocycles. The van der Waals surface area contributed by atoms with E-state index in [9.17, 15) is 0 Å². The number of rotatable bonds is 10. The summed E-state index contributed by atoms with van der Waals surface area (Å²) < 4.78 is 17.8. The van der Waals surface area contributed by atoms with E-state index in [0.717, 1.165) is 47.6 Å². The number of nitrogens with zero attached hydrogens (tertiary/aromatic N) is 1. The van der Waals surface area contributed by atoms with Crippen molar-refractivity contribution in [2.24, 2.45) is 0 Å². The number of likely N-dealkylation sites (tertiary alicyclic amines) is 1. The Morgan fingerprint density at radius 2 is 1.45 bits per heavy atom. The summed E-state index contributed by atoms with van der Waals surface area (Å²) in [6.07, 6.45) is 5.95. The number of hydrogen-bond donors (Lipinski definition) is 0. The second-order valence-electron chi connectivity index (χ2n) is 9.81. The predicted molar refractivity (Wildman–Crippen MR) is 159 cm³/mol. The van der Waals surface area contributed by atoms with Crippen molar-refractivity contribution in [2.45, 2.75) is 38.2 Å². The van der Waals surface area contributed by atoms with Crippen molar-refractivity contribution < 1.29 is 14.2 Å². The van der Waals surface area contributed by atoms with Crippen molar-refractivity contribution in [3.63, 3.8) is 0 Å². The third kappa shape index (κ3) is 6.61. The maximum absolute atomic E-state index is 6.79. The van der Waals surface area contributed by atoms with Crippen molar-refractivity contribution in [2.75, 3.05) is 33.9 Å². The Kier molecular flexibility index (Phi) is 9.91. The minimum atomic E-state index is -0.0820. The highest BCUT2D eigenvalue weighted by molar-refractivity contribution is 5.93. The summed E-state index contributed by atoms with van der Waals surface area (Å²) in [5.41, 5.74) is 3.58. The number of benzene rings is 4. The number of para-hydroxylation sites is 1. The number of hydrogen-bond acceptors (Lipinski definition) is 4. The molecule has 4 nitrogen and oxygen atoms in total. The Labute approximate surface area is 232 Å². The smallest absolute Gasteiger partial charge is 0.125 e. The van der Waals surface area contributed by atoms with Gasteiger partial charge in [0.05, 0.1) is 14.2 Å². The second kappa shape index (κ2) is 13.5. The van der Waals surface area contributed by atoms with E-state index >= 15 is 0 Å². The van der Waals surface area contributed by atoms with Crippen LogP contribution in [0.4, 0.5) is 0 Å². The minimum absolute atomic E-state index is 0. The highest BCUT2D eigenvalue weighted by Crippen LogP contribution is 2.40. The highest BCUT2D eigenvalue weighted by atomic mass is 35.5. The monoisotopic (exact) mass is 531 g/mol. The molecule has 0 spiro atoms. The summed E-state index contributed by atoms with van der Waals surface area (Å²) in [5.74, 6) is 2.62. The van der Waals surface area contributed by atoms with Crippen LogP contribution in [0.15, 0.2) is 84.9 Å². The van der Waals surface area contributed by atoms with Crippen molar-refractivity contribution >= 4 is 23.2 Å². The lowest BCUT2D eigenvalue weighted by Gasteiger charge is -2.28. The molecular weight excluding hydrogens is 494 g/mol. The molecule has 1 fully saturated rings. The van der Waals surface area contributed by atoms with Crippen LogP contribution in [0.1, 0.15) is 43.8 Å². The van der Waals surface area contributed by atoms with Crippen LogP contribution in [0.2, 0.25) is 0 Å². The third-order valence-corrected chi connectivity index (χ3v) is 7.40. The molecule has 1 saturated heterocycles. The Balaban J connectivity index is 0.00000336. The van der Waals surface area contributed by atoms with Gasteiger partial charge in [0.15, 0.2) is 0 Å². The average Bonchev–Trinajstić information content (AvgIpc) is 2.97. The van der Waals surface area contributed by atoms with E-state index in [2.05, 4.69) is 59.5 Å². The van der Waals surface area contributed by atoms with Gasteiger partial charge in [0.2, 0.25) is 0 Å². The SMILES string of the molecule is COc1ccc(-c2ccc3cc(OC)ccc3c2C(CCCN2CCCCC2)Oc2ccccc2)cc1.Cl. The van der Waals surface area contributed by atoms with Crippen LogP contribution in [0.3, 0.4) is 0 Å². The van der Waals surface area contributed by atoms with Crippen LogP contribution < -0.4 is 14.2 Å². The van der Waals surface area contributed by atoms with Gasteiger partial charge in [0, 0.05) is 5.56 Å². The Bertz CT molecular complexity index is 1290. The van der Waals surface area contributed by atoms with Crippen LogP contribution in [0.5, 0.6) is 17.2 Å². The molecule has 200 valence electrons. The number of halogens is 1. The first kappa shape index (κ1) is 27.8. The van der Waals surface area contributed by atoms with Crippen LogP contribution in [-0.2, 0) is 0 Å². The standard InChI is InChI=1S/C33H37NO3.ClH/c1-35-27-16-13-25(14-17-27)30-19-15-26-24-29(36-2)18-20-31(26)33(30)32(37-28-10-5-3-6-11-28)12-9-23-34-21-7-4-8-22-34;/h3,5-6,10-11,13-20,24,32H,4,7-9,12,21-23H2,1-2H3;1H. The molecular formula is C33H38ClNO3. The van der Waals surface area contributed by atoms with E-state index in [1.807, 2.05) is 30.3 Å². The molecule has 0 saturated carbocycles. The fourth-order valence-corrected chi connectivity index (χ4v) is 5.44. The Morgan fingerprint density at radius 1 is 0.737 bits per heavy atom. The zero-order valence-electron chi connectivity index (χ0n) is 22.4. The van der Waals surface area contributed by atoms with Gasteiger partial charge < -0.3 is 19.1 Å². The Morgan fingerprint density at radius 3 is 2.16 bits per heavy atom. The molecule has 0 bridgehead atoms. The van der Waals surface area contributed by atoms with E-state index in [1.54, 1.807) is 14.2 Å². The quantitative estimate of drug-likeness (QED) is 0.206. The molecule has 0 aliphatic carbocycles. The van der Waals surface area contributed by atoms with Gasteiger partial charge in [-0.2, -0.15) is 0 Å². The van der Waals surface area contributed by atoms with E-state index in [0.29, 0.717) is 0 Å². The van der Waals surface area contributed by atoms with Crippen LogP contribution in [0, 0.1) is 0 Å². The lowest BCUT2D eigenvalue weighted by molar-refractivity contribution is 0.173. The molecule has 1 aliphatic rings. The molecule has 0 N–H and O–H groups in total. The molecule has 1 unspecified atom stereocenters. The van der Waals surface area contributed by atoms with Crippen molar-refractivity contribution in [1.29, 1.82) is 0 Å². The summed E-state index contributed by atoms with van der Waals surface area (Å²) in [7, 11) is 3.42. The molecule has 0 aromatic heterocycles. The number of fused-ring (bicyclic) bond motifs is 1. The van der Waals surface area contributed by atoms with Gasteiger partial charge in [-0.1, -0.05) is 55.0 Å². The zero-order chi connectivity index (χ0) is 25.5. The molecule has 4 aromatic carbocycles. The zero-order valence-corrected chi connectivity index (χ0v) is 23.2. The van der Waals surface area contributed by atoms with Gasteiger partial charge >= 0.3 is 0 Å². The predicted octanol–water partition coefficient (Wildman–Crippen LogP) is 8.33. The molecule has 0 radical (unpaired) electrons. The third-order valence-electron chi connectivity index (χ3n) is 7.40. The lowest BCUT2D eigenvalue weighted by atomic mass is 9.89. The van der Waals surface area contributed by atoms with Gasteiger partial charge in [-0.15, -0.1) is 12.4 Å². The fraction of sp³-hybridized carbons (Fsp3) is 0.333. The fourth-order valence-electron chi connectivity index (χ4n) is 5.44. The summed E-state index contributed by atoms with van der Waals surface area (Å²) in [6, 6.07) is 29.3. The molecule has 5 heteroatoms. The topological polar surface area (TPSA) is 30.9 Å².